The fourth-order valence-electron chi connectivity index (χ4n) is 2.60. The van der Waals surface area contributed by atoms with E-state index in [9.17, 15) is 13.5 Å². The van der Waals surface area contributed by atoms with E-state index in [2.05, 4.69) is 14.9 Å². The summed E-state index contributed by atoms with van der Waals surface area (Å²) < 4.78 is 30.4. The Morgan fingerprint density at radius 1 is 1.31 bits per heavy atom. The van der Waals surface area contributed by atoms with E-state index in [1.54, 1.807) is 30.5 Å². The molecule has 9 heteroatoms. The molecular formula is C17H20N4O4S. The molecule has 2 atom stereocenters. The van der Waals surface area contributed by atoms with Gasteiger partial charge in [0.15, 0.2) is 0 Å². The lowest BCUT2D eigenvalue weighted by Gasteiger charge is -2.11. The highest BCUT2D eigenvalue weighted by Gasteiger charge is 2.33. The zero-order valence-electron chi connectivity index (χ0n) is 14.2. The molecule has 4 N–H and O–H groups in total. The number of anilines is 1. The van der Waals surface area contributed by atoms with E-state index in [-0.39, 0.29) is 17.6 Å². The van der Waals surface area contributed by atoms with Crippen molar-refractivity contribution in [2.75, 3.05) is 12.3 Å². The van der Waals surface area contributed by atoms with Crippen LogP contribution in [-0.4, -0.2) is 36.9 Å². The molecule has 0 bridgehead atoms. The molecule has 1 aliphatic rings. The van der Waals surface area contributed by atoms with Crippen molar-refractivity contribution in [1.82, 2.24) is 9.82 Å². The predicted octanol–water partition coefficient (Wildman–Crippen LogP) is 1.13. The van der Waals surface area contributed by atoms with Gasteiger partial charge < -0.3 is 15.6 Å². The summed E-state index contributed by atoms with van der Waals surface area (Å²) in [5.74, 6) is 0.394. The normalized spacial score (nSPS) is 21.8. The van der Waals surface area contributed by atoms with E-state index in [1.165, 1.54) is 12.1 Å². The van der Waals surface area contributed by atoms with Crippen molar-refractivity contribution in [3.8, 4) is 0 Å². The number of nitrogens with zero attached hydrogens (tertiary/aromatic N) is 2. The van der Waals surface area contributed by atoms with E-state index >= 15 is 0 Å². The third-order valence-corrected chi connectivity index (χ3v) is 5.31. The monoisotopic (exact) mass is 376 g/mol. The van der Waals surface area contributed by atoms with Crippen molar-refractivity contribution < 1.29 is 18.3 Å². The first kappa shape index (κ1) is 18.3. The van der Waals surface area contributed by atoms with Crippen LogP contribution < -0.4 is 10.6 Å². The van der Waals surface area contributed by atoms with Crippen LogP contribution in [0.3, 0.4) is 0 Å². The maximum absolute atomic E-state index is 12.3. The first-order valence-corrected chi connectivity index (χ1v) is 9.50. The highest BCUT2D eigenvalue weighted by molar-refractivity contribution is 7.89. The van der Waals surface area contributed by atoms with Crippen LogP contribution in [0.1, 0.15) is 23.7 Å². The molecule has 1 saturated heterocycles. The molecule has 0 radical (unpaired) electrons. The molecule has 0 saturated carbocycles. The van der Waals surface area contributed by atoms with Crippen LogP contribution in [0.2, 0.25) is 0 Å². The highest BCUT2D eigenvalue weighted by Crippen LogP contribution is 2.31. The fraction of sp³-hybridized carbons (Fsp3) is 0.294. The second-order valence-corrected chi connectivity index (χ2v) is 7.69. The summed E-state index contributed by atoms with van der Waals surface area (Å²) in [6.07, 6.45) is 0.877. The van der Waals surface area contributed by atoms with Crippen molar-refractivity contribution in [2.45, 2.75) is 30.4 Å². The number of hydrogen-bond acceptors (Lipinski definition) is 7. The molecule has 3 rings (SSSR count). The first-order valence-electron chi connectivity index (χ1n) is 8.02. The summed E-state index contributed by atoms with van der Waals surface area (Å²) in [4.78, 5) is 6.35. The quantitative estimate of drug-likeness (QED) is 0.671. The second-order valence-electron chi connectivity index (χ2n) is 6.03. The number of hydrogen-bond donors (Lipinski definition) is 3. The third kappa shape index (κ3) is 4.01. The van der Waals surface area contributed by atoms with Gasteiger partial charge in [0, 0.05) is 12.6 Å². The Morgan fingerprint density at radius 2 is 2.04 bits per heavy atom. The van der Waals surface area contributed by atoms with Crippen molar-refractivity contribution in [3.05, 3.63) is 53.7 Å². The number of pyridine rings is 1. The lowest BCUT2D eigenvalue weighted by atomic mass is 10.1. The van der Waals surface area contributed by atoms with Gasteiger partial charge in [0.25, 0.3) is 10.0 Å². The van der Waals surface area contributed by atoms with Crippen LogP contribution in [0.25, 0.3) is 0 Å². The Hall–Kier alpha value is -2.49. The zero-order valence-corrected chi connectivity index (χ0v) is 15.0. The Bertz CT molecular complexity index is 895. The SMILES string of the molecule is Cc1ccc(S(=O)(=O)NN=C2C[C@H](c3ccc(N)nc3)O[C@@H]2CO)cc1. The van der Waals surface area contributed by atoms with E-state index < -0.39 is 16.1 Å². The number of aliphatic hydroxyl groups is 1. The summed E-state index contributed by atoms with van der Waals surface area (Å²) in [5, 5.41) is 13.5. The fourth-order valence-corrected chi connectivity index (χ4v) is 3.44. The number of sulfonamides is 1. The summed E-state index contributed by atoms with van der Waals surface area (Å²) in [6.45, 7) is 1.57. The lowest BCUT2D eigenvalue weighted by Crippen LogP contribution is -2.26. The van der Waals surface area contributed by atoms with E-state index in [1.807, 2.05) is 6.92 Å². The van der Waals surface area contributed by atoms with Gasteiger partial charge in [0.1, 0.15) is 11.9 Å². The first-order chi connectivity index (χ1) is 12.4. The molecule has 0 aliphatic carbocycles. The molecule has 0 amide bonds. The van der Waals surface area contributed by atoms with Gasteiger partial charge >= 0.3 is 0 Å². The average molecular weight is 376 g/mol. The van der Waals surface area contributed by atoms with Crippen LogP contribution in [0, 0.1) is 6.92 Å². The third-order valence-electron chi connectivity index (χ3n) is 4.08. The summed E-state index contributed by atoms with van der Waals surface area (Å²) in [7, 11) is -3.79. The number of nitrogens with two attached hydrogens (primary N) is 1. The molecule has 0 spiro atoms. The Kier molecular flexibility index (Phi) is 5.21. The molecule has 1 aromatic heterocycles. The van der Waals surface area contributed by atoms with Crippen molar-refractivity contribution in [2.24, 2.45) is 5.10 Å². The maximum Gasteiger partial charge on any atom is 0.276 e. The van der Waals surface area contributed by atoms with Gasteiger partial charge in [-0.25, -0.2) is 9.82 Å². The summed E-state index contributed by atoms with van der Waals surface area (Å²) >= 11 is 0. The van der Waals surface area contributed by atoms with Gasteiger partial charge in [-0.3, -0.25) is 0 Å². The molecule has 1 aliphatic heterocycles. The largest absolute Gasteiger partial charge is 0.393 e. The smallest absolute Gasteiger partial charge is 0.276 e. The number of aryl methyl sites for hydroxylation is 1. The summed E-state index contributed by atoms with van der Waals surface area (Å²) in [6, 6.07) is 9.87. The minimum atomic E-state index is -3.79. The lowest BCUT2D eigenvalue weighted by molar-refractivity contribution is 0.0253. The minimum absolute atomic E-state index is 0.117. The van der Waals surface area contributed by atoms with E-state index in [0.29, 0.717) is 18.0 Å². The van der Waals surface area contributed by atoms with E-state index in [4.69, 9.17) is 10.5 Å². The van der Waals surface area contributed by atoms with Gasteiger partial charge in [0.05, 0.1) is 23.3 Å². The molecule has 2 aromatic rings. The number of hydrazone groups is 1. The minimum Gasteiger partial charge on any atom is -0.393 e. The number of aromatic nitrogens is 1. The predicted molar refractivity (Wildman–Crippen MR) is 96.9 cm³/mol. The van der Waals surface area contributed by atoms with Crippen molar-refractivity contribution >= 4 is 21.6 Å². The van der Waals surface area contributed by atoms with Crippen LogP contribution >= 0.6 is 0 Å². The van der Waals surface area contributed by atoms with Gasteiger partial charge in [-0.2, -0.15) is 13.5 Å². The number of benzene rings is 1. The van der Waals surface area contributed by atoms with Crippen LogP contribution in [-0.2, 0) is 14.8 Å². The number of nitrogens with one attached hydrogen (secondary N) is 1. The summed E-state index contributed by atoms with van der Waals surface area (Å²) in [5.41, 5.74) is 7.74. The van der Waals surface area contributed by atoms with Gasteiger partial charge in [-0.15, -0.1) is 0 Å². The average Bonchev–Trinajstić information content (AvgIpc) is 3.04. The highest BCUT2D eigenvalue weighted by atomic mass is 32.2. The topological polar surface area (TPSA) is 127 Å². The number of aliphatic hydroxyl groups excluding tert-OH is 1. The number of nitrogen functional groups attached to an aromatic ring is 1. The zero-order chi connectivity index (χ0) is 18.7. The molecular weight excluding hydrogens is 356 g/mol. The number of rotatable bonds is 5. The Balaban J connectivity index is 1.76. The van der Waals surface area contributed by atoms with E-state index in [0.717, 1.165) is 11.1 Å². The Labute approximate surface area is 151 Å². The molecule has 8 nitrogen and oxygen atoms in total. The second kappa shape index (κ2) is 7.40. The Morgan fingerprint density at radius 3 is 2.65 bits per heavy atom. The molecule has 26 heavy (non-hydrogen) atoms. The standard InChI is InChI=1S/C17H20N4O4S/c1-11-2-5-13(6-3-11)26(23,24)21-20-14-8-15(25-16(14)10-22)12-4-7-17(18)19-9-12/h2-7,9,15-16,21-22H,8,10H2,1H3,(H2,18,19)/t15-,16-/m1/s1. The maximum atomic E-state index is 12.3. The number of ether oxygens (including phenoxy) is 1. The molecule has 1 fully saturated rings. The van der Waals surface area contributed by atoms with Gasteiger partial charge in [0.2, 0.25) is 0 Å². The molecule has 0 unspecified atom stereocenters. The van der Waals surface area contributed by atoms with Crippen LogP contribution in [0.4, 0.5) is 5.82 Å². The van der Waals surface area contributed by atoms with Crippen molar-refractivity contribution in [1.29, 1.82) is 0 Å². The van der Waals surface area contributed by atoms with Crippen molar-refractivity contribution in [3.63, 3.8) is 0 Å². The molecule has 2 heterocycles. The van der Waals surface area contributed by atoms with Crippen LogP contribution in [0.5, 0.6) is 0 Å². The molecule has 1 aromatic carbocycles. The van der Waals surface area contributed by atoms with Crippen LogP contribution in [0.15, 0.2) is 52.6 Å². The van der Waals surface area contributed by atoms with Gasteiger partial charge in [-0.05, 0) is 30.7 Å². The van der Waals surface area contributed by atoms with Gasteiger partial charge in [-0.1, -0.05) is 23.8 Å². The molecule has 138 valence electrons.